The molecular formula is C6H2Cl4O4Zn. The third-order valence-corrected chi connectivity index (χ3v) is 1.77. The minimum atomic E-state index is -1.46. The molecule has 0 aromatic heterocycles. The Balaban J connectivity index is -0.000000180. The normalized spacial score (nSPS) is 10.7. The average molecular weight is 345 g/mol. The van der Waals surface area contributed by atoms with Crippen molar-refractivity contribution in [3.05, 3.63) is 21.1 Å². The van der Waals surface area contributed by atoms with Gasteiger partial charge < -0.3 is 19.8 Å². The van der Waals surface area contributed by atoms with Gasteiger partial charge in [0.05, 0.1) is 22.0 Å². The molecule has 15 heavy (non-hydrogen) atoms. The first kappa shape index (κ1) is 20.6. The molecular weight excluding hydrogens is 343 g/mol. The number of carboxylic acid groups (broad SMARTS) is 2. The number of aliphatic carboxylic acids is 2. The van der Waals surface area contributed by atoms with E-state index in [9.17, 15) is 19.8 Å². The van der Waals surface area contributed by atoms with Crippen LogP contribution in [-0.4, -0.2) is 11.9 Å². The monoisotopic (exact) mass is 342 g/mol. The average Bonchev–Trinajstić information content (AvgIpc) is 2.15. The second-order valence-electron chi connectivity index (χ2n) is 1.49. The van der Waals surface area contributed by atoms with Crippen LogP contribution in [0, 0.1) is 0 Å². The predicted octanol–water partition coefficient (Wildman–Crippen LogP) is 0.108. The topological polar surface area (TPSA) is 80.3 Å². The maximum absolute atomic E-state index is 9.53. The van der Waals surface area contributed by atoms with Crippen molar-refractivity contribution in [2.24, 2.45) is 0 Å². The van der Waals surface area contributed by atoms with E-state index < -0.39 is 22.0 Å². The first-order chi connectivity index (χ1) is 6.36. The second-order valence-corrected chi connectivity index (χ2v) is 2.74. The van der Waals surface area contributed by atoms with Crippen LogP contribution in [-0.2, 0) is 29.1 Å². The zero-order valence-electron chi connectivity index (χ0n) is 7.01. The van der Waals surface area contributed by atoms with Crippen molar-refractivity contribution in [1.82, 2.24) is 0 Å². The third kappa shape index (κ3) is 14.2. The molecule has 0 aliphatic rings. The molecule has 0 amide bonds. The molecule has 9 heteroatoms. The van der Waals surface area contributed by atoms with Gasteiger partial charge in [-0.2, -0.15) is 0 Å². The van der Waals surface area contributed by atoms with E-state index in [2.05, 4.69) is 0 Å². The molecule has 0 heterocycles. The van der Waals surface area contributed by atoms with Gasteiger partial charge >= 0.3 is 19.5 Å². The minimum Gasteiger partial charge on any atom is -0.544 e. The number of carbonyl (C=O) groups is 2. The van der Waals surface area contributed by atoms with Crippen molar-refractivity contribution in [3.63, 3.8) is 0 Å². The van der Waals surface area contributed by atoms with E-state index in [1.807, 2.05) is 0 Å². The molecule has 0 aromatic rings. The summed E-state index contributed by atoms with van der Waals surface area (Å²) in [5, 5.41) is 18.1. The van der Waals surface area contributed by atoms with Crippen molar-refractivity contribution in [2.45, 2.75) is 0 Å². The van der Waals surface area contributed by atoms with Gasteiger partial charge in [-0.05, 0) is 0 Å². The third-order valence-electron chi connectivity index (χ3n) is 0.582. The Bertz CT molecular complexity index is 248. The summed E-state index contributed by atoms with van der Waals surface area (Å²) < 4.78 is 0. The van der Waals surface area contributed by atoms with Gasteiger partial charge in [0, 0.05) is 11.1 Å². The van der Waals surface area contributed by atoms with E-state index in [1.54, 1.807) is 0 Å². The Kier molecular flexibility index (Phi) is 16.9. The number of carboxylic acids is 2. The second kappa shape index (κ2) is 12.3. The van der Waals surface area contributed by atoms with Crippen LogP contribution in [0.5, 0.6) is 0 Å². The first-order valence-corrected chi connectivity index (χ1v) is 4.34. The van der Waals surface area contributed by atoms with Gasteiger partial charge in [0.2, 0.25) is 0 Å². The van der Waals surface area contributed by atoms with Crippen LogP contribution in [0.3, 0.4) is 0 Å². The Hall–Kier alpha value is 0.203. The summed E-state index contributed by atoms with van der Waals surface area (Å²) in [5.41, 5.74) is 1.47. The van der Waals surface area contributed by atoms with E-state index in [1.165, 1.54) is 0 Å². The minimum absolute atomic E-state index is 0. The number of hydrogen-bond acceptors (Lipinski definition) is 4. The van der Waals surface area contributed by atoms with E-state index >= 15 is 0 Å². The summed E-state index contributed by atoms with van der Waals surface area (Å²) in [6.45, 7) is 0. The van der Waals surface area contributed by atoms with Gasteiger partial charge in [-0.15, -0.1) is 0 Å². The molecule has 80 valence electrons. The smallest absolute Gasteiger partial charge is 0.544 e. The molecule has 0 atom stereocenters. The van der Waals surface area contributed by atoms with Crippen molar-refractivity contribution in [1.29, 1.82) is 0 Å². The molecule has 0 rings (SSSR count). The van der Waals surface area contributed by atoms with Crippen LogP contribution >= 0.6 is 46.4 Å². The summed E-state index contributed by atoms with van der Waals surface area (Å²) in [7, 11) is 0. The standard InChI is InChI=1S/2C3H2Cl2O2.Zn/c2*4-1-2(5)3(6)7;/h2*1H,(H,6,7);/q;;+2/p-2/b2*2-1-;. The zero-order valence-corrected chi connectivity index (χ0v) is 13.0. The Labute approximate surface area is 118 Å². The summed E-state index contributed by atoms with van der Waals surface area (Å²) >= 11 is 19.4. The molecule has 0 unspecified atom stereocenters. The largest absolute Gasteiger partial charge is 2.00 e. The van der Waals surface area contributed by atoms with Crippen molar-refractivity contribution < 1.29 is 39.3 Å². The quantitative estimate of drug-likeness (QED) is 0.525. The van der Waals surface area contributed by atoms with Gasteiger partial charge in [0.25, 0.3) is 0 Å². The van der Waals surface area contributed by atoms with Crippen LogP contribution in [0.1, 0.15) is 0 Å². The molecule has 4 nitrogen and oxygen atoms in total. The molecule has 0 radical (unpaired) electrons. The first-order valence-electron chi connectivity index (χ1n) is 2.71. The Morgan fingerprint density at radius 3 is 1.07 bits per heavy atom. The van der Waals surface area contributed by atoms with Crippen LogP contribution < -0.4 is 10.2 Å². The molecule has 0 spiro atoms. The van der Waals surface area contributed by atoms with Gasteiger partial charge in [0.15, 0.2) is 0 Å². The Morgan fingerprint density at radius 2 is 1.07 bits per heavy atom. The van der Waals surface area contributed by atoms with Gasteiger partial charge in [-0.1, -0.05) is 46.4 Å². The van der Waals surface area contributed by atoms with Gasteiger partial charge in [-0.25, -0.2) is 0 Å². The fraction of sp³-hybridized carbons (Fsp3) is 0. The van der Waals surface area contributed by atoms with E-state index in [4.69, 9.17) is 46.4 Å². The molecule has 0 aliphatic heterocycles. The molecule has 0 aliphatic carbocycles. The van der Waals surface area contributed by atoms with Crippen molar-refractivity contribution in [2.75, 3.05) is 0 Å². The van der Waals surface area contributed by atoms with Crippen LogP contribution in [0.15, 0.2) is 21.1 Å². The van der Waals surface area contributed by atoms with Crippen LogP contribution in [0.2, 0.25) is 0 Å². The predicted molar refractivity (Wildman–Crippen MR) is 49.6 cm³/mol. The van der Waals surface area contributed by atoms with Crippen LogP contribution in [0.25, 0.3) is 0 Å². The maximum Gasteiger partial charge on any atom is 2.00 e. The molecule has 0 saturated heterocycles. The van der Waals surface area contributed by atoms with E-state index in [0.29, 0.717) is 0 Å². The summed E-state index contributed by atoms with van der Waals surface area (Å²) in [5.74, 6) is -2.92. The van der Waals surface area contributed by atoms with E-state index in [-0.39, 0.29) is 19.5 Å². The SMILES string of the molecule is O=C([O-])/C(Cl)=C/Cl.O=C([O-])/C(Cl)=C/Cl.[Zn+2]. The molecule has 0 bridgehead atoms. The number of carbonyl (C=O) groups excluding carboxylic acids is 2. The summed E-state index contributed by atoms with van der Waals surface area (Å²) in [4.78, 5) is 19.1. The van der Waals surface area contributed by atoms with Crippen LogP contribution in [0.4, 0.5) is 0 Å². The maximum atomic E-state index is 9.53. The molecule has 0 aromatic carbocycles. The molecule has 0 N–H and O–H groups in total. The molecule has 0 fully saturated rings. The van der Waals surface area contributed by atoms with E-state index in [0.717, 1.165) is 11.1 Å². The fourth-order valence-corrected chi connectivity index (χ4v) is 0.267. The van der Waals surface area contributed by atoms with Gasteiger partial charge in [-0.3, -0.25) is 0 Å². The van der Waals surface area contributed by atoms with Gasteiger partial charge in [0.1, 0.15) is 0 Å². The fourth-order valence-electron chi connectivity index (χ4n) is 0.0891. The summed E-state index contributed by atoms with van der Waals surface area (Å²) in [6.07, 6.45) is 0. The number of halogens is 4. The number of hydrogen-bond donors (Lipinski definition) is 0. The molecule has 0 saturated carbocycles. The van der Waals surface area contributed by atoms with Crippen molar-refractivity contribution in [3.8, 4) is 0 Å². The van der Waals surface area contributed by atoms with Crippen molar-refractivity contribution >= 4 is 58.3 Å². The number of rotatable bonds is 2. The summed E-state index contributed by atoms with van der Waals surface area (Å²) in [6, 6.07) is 0. The Morgan fingerprint density at radius 1 is 0.867 bits per heavy atom. The zero-order chi connectivity index (χ0) is 11.7.